The van der Waals surface area contributed by atoms with Gasteiger partial charge in [-0.15, -0.1) is 0 Å². The fourth-order valence-corrected chi connectivity index (χ4v) is 3.82. The third kappa shape index (κ3) is 3.19. The van der Waals surface area contributed by atoms with E-state index in [9.17, 15) is 9.90 Å². The predicted molar refractivity (Wildman–Crippen MR) is 112 cm³/mol. The molecule has 0 aliphatic carbocycles. The summed E-state index contributed by atoms with van der Waals surface area (Å²) in [5.74, 6) is 0. The van der Waals surface area contributed by atoms with Crippen molar-refractivity contribution >= 4 is 22.5 Å². The molecule has 0 bridgehead atoms. The van der Waals surface area contributed by atoms with Gasteiger partial charge in [0.15, 0.2) is 0 Å². The van der Waals surface area contributed by atoms with E-state index in [4.69, 9.17) is 21.3 Å². The molecule has 0 unspecified atom stereocenters. The number of hydrogen-bond acceptors (Lipinski definition) is 6. The van der Waals surface area contributed by atoms with E-state index < -0.39 is 12.1 Å². The third-order valence-electron chi connectivity index (χ3n) is 5.27. The lowest BCUT2D eigenvalue weighted by atomic mass is 10.1. The van der Waals surface area contributed by atoms with Crippen LogP contribution in [0.5, 0.6) is 0 Å². The smallest absolute Gasteiger partial charge is 0.261 e. The molecule has 9 heteroatoms. The van der Waals surface area contributed by atoms with Crippen LogP contribution < -0.4 is 5.56 Å². The molecule has 3 aromatic heterocycles. The monoisotopic (exact) mass is 423 g/mol. The molecule has 4 heterocycles. The molecule has 1 aliphatic heterocycles. The Kier molecular flexibility index (Phi) is 4.62. The highest BCUT2D eigenvalue weighted by atomic mass is 35.5. The first-order valence-electron chi connectivity index (χ1n) is 9.44. The van der Waals surface area contributed by atoms with Crippen molar-refractivity contribution < 1.29 is 9.84 Å². The lowest BCUT2D eigenvalue weighted by Gasteiger charge is -2.16. The zero-order valence-electron chi connectivity index (χ0n) is 16.1. The molecular weight excluding hydrogens is 406 g/mol. The van der Waals surface area contributed by atoms with Crippen molar-refractivity contribution in [3.05, 3.63) is 64.4 Å². The summed E-state index contributed by atoms with van der Waals surface area (Å²) in [7, 11) is 1.82. The number of benzene rings is 1. The van der Waals surface area contributed by atoms with E-state index in [1.54, 1.807) is 29.1 Å². The largest absolute Gasteiger partial charge is 0.388 e. The van der Waals surface area contributed by atoms with Crippen LogP contribution in [0, 0.1) is 0 Å². The molecule has 1 saturated heterocycles. The second-order valence-corrected chi connectivity index (χ2v) is 7.73. The molecule has 1 aromatic carbocycles. The summed E-state index contributed by atoms with van der Waals surface area (Å²) in [5.41, 5.74) is 3.00. The third-order valence-corrected chi connectivity index (χ3v) is 5.52. The van der Waals surface area contributed by atoms with Crippen LogP contribution in [0.3, 0.4) is 0 Å². The molecular formula is C21H18ClN5O3. The van der Waals surface area contributed by atoms with Crippen molar-refractivity contribution in [2.24, 2.45) is 7.05 Å². The van der Waals surface area contributed by atoms with Gasteiger partial charge in [0.25, 0.3) is 5.56 Å². The van der Waals surface area contributed by atoms with E-state index in [-0.39, 0.29) is 18.8 Å². The summed E-state index contributed by atoms with van der Waals surface area (Å²) in [6.45, 7) is 0.460. The fraction of sp³-hybridized carbons (Fsp3) is 0.238. The topological polar surface area (TPSA) is 95.1 Å². The van der Waals surface area contributed by atoms with E-state index in [2.05, 4.69) is 10.1 Å². The highest BCUT2D eigenvalue weighted by Crippen LogP contribution is 2.29. The number of nitrogens with zero attached hydrogens (tertiary/aromatic N) is 5. The Balaban J connectivity index is 1.78. The number of hydrogen-bond donors (Lipinski definition) is 1. The molecule has 4 aromatic rings. The van der Waals surface area contributed by atoms with Crippen LogP contribution in [0.1, 0.15) is 6.04 Å². The average Bonchev–Trinajstić information content (AvgIpc) is 3.36. The van der Waals surface area contributed by atoms with E-state index in [1.807, 2.05) is 25.4 Å². The second kappa shape index (κ2) is 7.32. The van der Waals surface area contributed by atoms with Crippen molar-refractivity contribution in [2.75, 3.05) is 13.2 Å². The summed E-state index contributed by atoms with van der Waals surface area (Å²) in [4.78, 5) is 22.7. The first-order chi connectivity index (χ1) is 14.5. The van der Waals surface area contributed by atoms with Gasteiger partial charge < -0.3 is 9.84 Å². The molecule has 0 spiro atoms. The number of fused-ring (bicyclic) bond motifs is 1. The first kappa shape index (κ1) is 18.9. The Labute approximate surface area is 176 Å². The van der Waals surface area contributed by atoms with Gasteiger partial charge in [-0.25, -0.2) is 9.97 Å². The Hall–Kier alpha value is -3.07. The van der Waals surface area contributed by atoms with Crippen molar-refractivity contribution in [3.63, 3.8) is 0 Å². The lowest BCUT2D eigenvalue weighted by Crippen LogP contribution is -2.32. The number of halogens is 1. The maximum atomic E-state index is 13.4. The minimum absolute atomic E-state index is 0.197. The Morgan fingerprint density at radius 3 is 2.67 bits per heavy atom. The van der Waals surface area contributed by atoms with Crippen LogP contribution in [-0.4, -0.2) is 48.7 Å². The minimum Gasteiger partial charge on any atom is -0.388 e. The number of rotatable bonds is 3. The van der Waals surface area contributed by atoms with Crippen molar-refractivity contribution in [3.8, 4) is 22.5 Å². The molecule has 5 rings (SSSR count). The van der Waals surface area contributed by atoms with Gasteiger partial charge in [-0.05, 0) is 18.2 Å². The van der Waals surface area contributed by atoms with Crippen molar-refractivity contribution in [1.29, 1.82) is 0 Å². The van der Waals surface area contributed by atoms with Crippen LogP contribution in [0.15, 0.2) is 53.8 Å². The summed E-state index contributed by atoms with van der Waals surface area (Å²) >= 11 is 6.03. The van der Waals surface area contributed by atoms with Crippen LogP contribution in [-0.2, 0) is 11.8 Å². The summed E-state index contributed by atoms with van der Waals surface area (Å²) in [6, 6.07) is 8.52. The van der Waals surface area contributed by atoms with E-state index in [0.29, 0.717) is 27.3 Å². The van der Waals surface area contributed by atoms with Gasteiger partial charge in [-0.1, -0.05) is 23.7 Å². The van der Waals surface area contributed by atoms with E-state index >= 15 is 0 Å². The van der Waals surface area contributed by atoms with Crippen molar-refractivity contribution in [1.82, 2.24) is 24.3 Å². The number of aliphatic hydroxyl groups excluding tert-OH is 1. The van der Waals surface area contributed by atoms with Gasteiger partial charge in [0.05, 0.1) is 42.9 Å². The normalized spacial score (nSPS) is 18.9. The molecule has 1 N–H and O–H groups in total. The number of pyridine rings is 1. The highest BCUT2D eigenvalue weighted by Gasteiger charge is 2.29. The standard InChI is InChI=1S/C21H18ClN5O3/c1-26-8-13(7-24-26)19-20-15(6-16(25-19)12-2-4-14(22)5-3-12)21(29)27(11-23-20)17-9-30-10-18(17)28/h2-8,11,17-18,28H,9-10H2,1H3/t17-,18-/m0/s1. The van der Waals surface area contributed by atoms with Gasteiger partial charge in [0.1, 0.15) is 17.3 Å². The quantitative estimate of drug-likeness (QED) is 0.544. The first-order valence-corrected chi connectivity index (χ1v) is 9.82. The van der Waals surface area contributed by atoms with E-state index in [1.165, 1.54) is 10.9 Å². The number of ether oxygens (including phenoxy) is 1. The maximum absolute atomic E-state index is 13.4. The van der Waals surface area contributed by atoms with Crippen LogP contribution in [0.4, 0.5) is 0 Å². The summed E-state index contributed by atoms with van der Waals surface area (Å²) in [6.07, 6.45) is 4.22. The molecule has 2 atom stereocenters. The zero-order valence-corrected chi connectivity index (χ0v) is 16.8. The SMILES string of the molecule is Cn1cc(-c2nc(-c3ccc(Cl)cc3)cc3c(=O)n([C@H]4COC[C@@H]4O)cnc23)cn1. The number of aliphatic hydroxyl groups is 1. The predicted octanol–water partition coefficient (Wildman–Crippen LogP) is 2.44. The molecule has 8 nitrogen and oxygen atoms in total. The molecule has 0 radical (unpaired) electrons. The lowest BCUT2D eigenvalue weighted by molar-refractivity contribution is 0.119. The zero-order chi connectivity index (χ0) is 20.8. The van der Waals surface area contributed by atoms with Gasteiger partial charge >= 0.3 is 0 Å². The maximum Gasteiger partial charge on any atom is 0.261 e. The van der Waals surface area contributed by atoms with Gasteiger partial charge in [-0.2, -0.15) is 5.10 Å². The molecule has 0 saturated carbocycles. The Morgan fingerprint density at radius 1 is 1.20 bits per heavy atom. The number of aromatic nitrogens is 5. The molecule has 30 heavy (non-hydrogen) atoms. The Bertz CT molecular complexity index is 1300. The second-order valence-electron chi connectivity index (χ2n) is 7.29. The van der Waals surface area contributed by atoms with Gasteiger partial charge in [0.2, 0.25) is 0 Å². The Morgan fingerprint density at radius 2 is 2.00 bits per heavy atom. The summed E-state index contributed by atoms with van der Waals surface area (Å²) < 4.78 is 8.43. The highest BCUT2D eigenvalue weighted by molar-refractivity contribution is 6.30. The molecule has 1 aliphatic rings. The fourth-order valence-electron chi connectivity index (χ4n) is 3.69. The van der Waals surface area contributed by atoms with Crippen molar-refractivity contribution in [2.45, 2.75) is 12.1 Å². The van der Waals surface area contributed by atoms with Crippen LogP contribution in [0.2, 0.25) is 5.02 Å². The average molecular weight is 424 g/mol. The van der Waals surface area contributed by atoms with Gasteiger partial charge in [0, 0.05) is 29.4 Å². The van der Waals surface area contributed by atoms with Gasteiger partial charge in [-0.3, -0.25) is 14.0 Å². The van der Waals surface area contributed by atoms with Crippen LogP contribution >= 0.6 is 11.6 Å². The summed E-state index contributed by atoms with van der Waals surface area (Å²) in [5, 5.41) is 15.4. The number of aryl methyl sites for hydroxylation is 1. The molecule has 1 fully saturated rings. The molecule has 152 valence electrons. The molecule has 0 amide bonds. The van der Waals surface area contributed by atoms with E-state index in [0.717, 1.165) is 11.1 Å². The van der Waals surface area contributed by atoms with Crippen LogP contribution in [0.25, 0.3) is 33.4 Å². The minimum atomic E-state index is -0.752.